The van der Waals surface area contributed by atoms with Gasteiger partial charge in [0.15, 0.2) is 0 Å². The number of hydrogen-bond donors (Lipinski definition) is 0. The minimum Gasteiger partial charge on any atom is -0.465 e. The molecule has 1 heterocycles. The number of esters is 1. The normalized spacial score (nSPS) is 17.2. The molecule has 0 aliphatic carbocycles. The number of hydrogen-bond acceptors (Lipinski definition) is 8. The first-order chi connectivity index (χ1) is 19.0. The van der Waals surface area contributed by atoms with E-state index in [1.165, 1.54) is 6.92 Å². The number of ether oxygens (including phenoxy) is 2. The van der Waals surface area contributed by atoms with Gasteiger partial charge in [0.1, 0.15) is 12.0 Å². The SMILES string of the molecule is CCOC(=O)C1(C)CN(CC(=O)N(SC(=O)OC)c2ccc(C(F)(F)F)cc2)N=C1c1ccc(C(F)(F)F)c(Cl)c1. The summed E-state index contributed by atoms with van der Waals surface area (Å²) in [6.07, 6.45) is -9.36. The van der Waals surface area contributed by atoms with Gasteiger partial charge in [0.05, 0.1) is 59.8 Å². The summed E-state index contributed by atoms with van der Waals surface area (Å²) in [7, 11) is 1.04. The molecule has 16 heteroatoms. The highest BCUT2D eigenvalue weighted by atomic mass is 35.5. The first-order valence-corrected chi connectivity index (χ1v) is 12.8. The van der Waals surface area contributed by atoms with Crippen LogP contribution in [0.4, 0.5) is 36.8 Å². The number of methoxy groups -OCH3 is 1. The highest BCUT2D eigenvalue weighted by Gasteiger charge is 2.48. The summed E-state index contributed by atoms with van der Waals surface area (Å²) >= 11 is 6.15. The maximum Gasteiger partial charge on any atom is 0.417 e. The summed E-state index contributed by atoms with van der Waals surface area (Å²) in [6.45, 7) is 2.12. The molecule has 1 aliphatic heterocycles. The van der Waals surface area contributed by atoms with Crippen molar-refractivity contribution >= 4 is 52.1 Å². The van der Waals surface area contributed by atoms with E-state index in [4.69, 9.17) is 16.3 Å². The number of nitrogens with zero attached hydrogens (tertiary/aromatic N) is 3. The van der Waals surface area contributed by atoms with Gasteiger partial charge in [0, 0.05) is 5.56 Å². The van der Waals surface area contributed by atoms with Crippen LogP contribution < -0.4 is 4.31 Å². The third-order valence-electron chi connectivity index (χ3n) is 5.84. The molecule has 0 saturated heterocycles. The van der Waals surface area contributed by atoms with E-state index in [0.717, 1.165) is 58.9 Å². The fraction of sp³-hybridized carbons (Fsp3) is 0.360. The summed E-state index contributed by atoms with van der Waals surface area (Å²) in [5.41, 5.74) is -3.67. The van der Waals surface area contributed by atoms with Gasteiger partial charge in [-0.2, -0.15) is 31.4 Å². The lowest BCUT2D eigenvalue weighted by atomic mass is 9.82. The second-order valence-electron chi connectivity index (χ2n) is 8.79. The Balaban J connectivity index is 1.97. The highest BCUT2D eigenvalue weighted by Crippen LogP contribution is 2.39. The predicted octanol–water partition coefficient (Wildman–Crippen LogP) is 6.41. The van der Waals surface area contributed by atoms with Crippen molar-refractivity contribution in [3.8, 4) is 0 Å². The van der Waals surface area contributed by atoms with E-state index in [1.54, 1.807) is 6.92 Å². The Hall–Kier alpha value is -3.46. The van der Waals surface area contributed by atoms with Crippen LogP contribution in [0.5, 0.6) is 0 Å². The van der Waals surface area contributed by atoms with E-state index in [9.17, 15) is 40.7 Å². The van der Waals surface area contributed by atoms with Crippen LogP contribution in [0.25, 0.3) is 0 Å². The van der Waals surface area contributed by atoms with Crippen LogP contribution in [0.3, 0.4) is 0 Å². The van der Waals surface area contributed by atoms with Crippen LogP contribution in [0.2, 0.25) is 5.02 Å². The van der Waals surface area contributed by atoms with Gasteiger partial charge in [0.25, 0.3) is 5.91 Å². The predicted molar refractivity (Wildman–Crippen MR) is 138 cm³/mol. The van der Waals surface area contributed by atoms with Gasteiger partial charge in [0.2, 0.25) is 0 Å². The van der Waals surface area contributed by atoms with Gasteiger partial charge in [-0.1, -0.05) is 17.7 Å². The molecule has 41 heavy (non-hydrogen) atoms. The Morgan fingerprint density at radius 2 is 1.71 bits per heavy atom. The van der Waals surface area contributed by atoms with Crippen molar-refractivity contribution in [1.82, 2.24) is 5.01 Å². The number of carbonyl (C=O) groups excluding carboxylic acids is 3. The average Bonchev–Trinajstić information content (AvgIpc) is 3.22. The molecule has 1 amide bonds. The summed E-state index contributed by atoms with van der Waals surface area (Å²) < 4.78 is 89.2. The molecule has 0 bridgehead atoms. The van der Waals surface area contributed by atoms with E-state index < -0.39 is 57.6 Å². The zero-order chi connectivity index (χ0) is 30.8. The van der Waals surface area contributed by atoms with Crippen molar-refractivity contribution in [1.29, 1.82) is 0 Å². The van der Waals surface area contributed by atoms with Crippen molar-refractivity contribution < 1.29 is 50.2 Å². The minimum absolute atomic E-state index is 0.0220. The third-order valence-corrected chi connectivity index (χ3v) is 7.07. The summed E-state index contributed by atoms with van der Waals surface area (Å²) in [4.78, 5) is 38.2. The molecule has 0 N–H and O–H groups in total. The van der Waals surface area contributed by atoms with Crippen LogP contribution in [0.1, 0.15) is 30.5 Å². The van der Waals surface area contributed by atoms with Gasteiger partial charge in [-0.3, -0.25) is 14.6 Å². The lowest BCUT2D eigenvalue weighted by Gasteiger charge is -2.26. The van der Waals surface area contributed by atoms with Gasteiger partial charge in [-0.05, 0) is 50.2 Å². The molecule has 1 atom stereocenters. The summed E-state index contributed by atoms with van der Waals surface area (Å²) in [5.74, 6) is -1.60. The fourth-order valence-corrected chi connectivity index (χ4v) is 4.80. The van der Waals surface area contributed by atoms with E-state index in [-0.39, 0.29) is 42.1 Å². The quantitative estimate of drug-likeness (QED) is 0.208. The number of rotatable bonds is 6. The van der Waals surface area contributed by atoms with Gasteiger partial charge < -0.3 is 9.47 Å². The molecule has 0 radical (unpaired) electrons. The smallest absolute Gasteiger partial charge is 0.417 e. The van der Waals surface area contributed by atoms with Crippen molar-refractivity contribution in [2.75, 3.05) is 31.1 Å². The van der Waals surface area contributed by atoms with Gasteiger partial charge in [-0.15, -0.1) is 0 Å². The second-order valence-corrected chi connectivity index (χ2v) is 10.1. The number of carbonyl (C=O) groups is 3. The Morgan fingerprint density at radius 1 is 1.07 bits per heavy atom. The molecule has 222 valence electrons. The van der Waals surface area contributed by atoms with E-state index in [1.807, 2.05) is 0 Å². The molecular weight excluding hydrogens is 604 g/mol. The molecule has 0 saturated carbocycles. The van der Waals surface area contributed by atoms with Crippen molar-refractivity contribution in [3.05, 3.63) is 64.2 Å². The topological polar surface area (TPSA) is 88.5 Å². The first kappa shape index (κ1) is 32.1. The maximum absolute atomic E-state index is 13.3. The molecule has 2 aromatic rings. The molecule has 8 nitrogen and oxygen atoms in total. The van der Waals surface area contributed by atoms with Crippen molar-refractivity contribution in [2.45, 2.75) is 26.2 Å². The van der Waals surface area contributed by atoms with Gasteiger partial charge >= 0.3 is 23.6 Å². The summed E-state index contributed by atoms with van der Waals surface area (Å²) in [5, 5.41) is 3.85. The molecular formula is C25H22ClF6N3O5S. The molecule has 2 aromatic carbocycles. The second kappa shape index (κ2) is 12.2. The molecule has 0 aromatic heterocycles. The Labute approximate surface area is 239 Å². The number of alkyl halides is 6. The Bertz CT molecular complexity index is 1350. The molecule has 0 spiro atoms. The number of halogens is 7. The maximum atomic E-state index is 13.3. The van der Waals surface area contributed by atoms with Crippen LogP contribution in [0, 0.1) is 5.41 Å². The van der Waals surface area contributed by atoms with E-state index >= 15 is 0 Å². The summed E-state index contributed by atoms with van der Waals surface area (Å²) in [6, 6.07) is 6.24. The highest BCUT2D eigenvalue weighted by molar-refractivity contribution is 8.15. The van der Waals surface area contributed by atoms with E-state index in [2.05, 4.69) is 9.84 Å². The van der Waals surface area contributed by atoms with Crippen LogP contribution >= 0.6 is 23.5 Å². The largest absolute Gasteiger partial charge is 0.465 e. The molecule has 3 rings (SSSR count). The zero-order valence-corrected chi connectivity index (χ0v) is 23.2. The van der Waals surface area contributed by atoms with E-state index in [0.29, 0.717) is 0 Å². The Morgan fingerprint density at radius 3 is 2.22 bits per heavy atom. The number of hydrazone groups is 1. The molecule has 0 fully saturated rings. The third kappa shape index (κ3) is 7.25. The standard InChI is InChI=1S/C25H22ClF6N3O5S/c1-4-40-21(37)23(2)13-34(33-20(23)14-5-10-17(18(26)11-14)25(30,31)32)12-19(36)35(41-22(38)39-3)16-8-6-15(7-9-16)24(27,28)29/h5-11H,4,12-13H2,1-3H3. The van der Waals surface area contributed by atoms with Crippen LogP contribution in [-0.2, 0) is 31.4 Å². The average molecular weight is 626 g/mol. The zero-order valence-electron chi connectivity index (χ0n) is 21.6. The monoisotopic (exact) mass is 625 g/mol. The first-order valence-electron chi connectivity index (χ1n) is 11.7. The number of benzene rings is 2. The van der Waals surface area contributed by atoms with Crippen molar-refractivity contribution in [2.24, 2.45) is 10.5 Å². The molecule has 1 unspecified atom stereocenters. The van der Waals surface area contributed by atoms with Gasteiger partial charge in [-0.25, -0.2) is 9.10 Å². The van der Waals surface area contributed by atoms with Crippen LogP contribution in [-0.4, -0.2) is 54.7 Å². The Kier molecular flexibility index (Phi) is 9.53. The molecule has 1 aliphatic rings. The fourth-order valence-electron chi connectivity index (χ4n) is 3.90. The van der Waals surface area contributed by atoms with Crippen molar-refractivity contribution in [3.63, 3.8) is 0 Å². The number of amides is 1. The lowest BCUT2D eigenvalue weighted by Crippen LogP contribution is -2.42. The van der Waals surface area contributed by atoms with Crippen LogP contribution in [0.15, 0.2) is 47.6 Å². The number of anilines is 1. The lowest BCUT2D eigenvalue weighted by molar-refractivity contribution is -0.150. The minimum atomic E-state index is -4.73.